The highest BCUT2D eigenvalue weighted by Gasteiger charge is 2.15. The maximum Gasteiger partial charge on any atom is 0.254 e. The van der Waals surface area contributed by atoms with E-state index in [1.54, 1.807) is 18.2 Å². The summed E-state index contributed by atoms with van der Waals surface area (Å²) in [5, 5.41) is 0.270. The molecule has 0 atom stereocenters. The van der Waals surface area contributed by atoms with Gasteiger partial charge < -0.3 is 16.2 Å². The lowest BCUT2D eigenvalue weighted by Gasteiger charge is -2.18. The predicted molar refractivity (Wildman–Crippen MR) is 88.5 cm³/mol. The molecule has 2 rings (SSSR count). The Hall–Kier alpha value is -2.04. The number of primary amides is 1. The van der Waals surface area contributed by atoms with Crippen LogP contribution in [0.2, 0.25) is 5.02 Å². The Morgan fingerprint density at radius 2 is 1.82 bits per heavy atom. The fourth-order valence-corrected chi connectivity index (χ4v) is 2.42. The highest BCUT2D eigenvalue weighted by Crippen LogP contribution is 2.30. The van der Waals surface area contributed by atoms with Crippen LogP contribution < -0.4 is 16.2 Å². The monoisotopic (exact) mass is 318 g/mol. The molecule has 0 aliphatic heterocycles. The second-order valence-corrected chi connectivity index (χ2v) is 6.30. The zero-order chi connectivity index (χ0) is 16.3. The molecule has 22 heavy (non-hydrogen) atoms. The van der Waals surface area contributed by atoms with E-state index in [9.17, 15) is 4.79 Å². The predicted octanol–water partition coefficient (Wildman–Crippen LogP) is 3.51. The Morgan fingerprint density at radius 3 is 2.36 bits per heavy atom. The molecule has 0 unspecified atom stereocenters. The summed E-state index contributed by atoms with van der Waals surface area (Å²) in [4.78, 5) is 11.5. The average Bonchev–Trinajstić information content (AvgIpc) is 2.39. The zero-order valence-corrected chi connectivity index (χ0v) is 13.4. The molecule has 5 heteroatoms. The average molecular weight is 319 g/mol. The summed E-state index contributed by atoms with van der Waals surface area (Å²) in [6.07, 6.45) is 0.761. The van der Waals surface area contributed by atoms with Gasteiger partial charge in [-0.25, -0.2) is 0 Å². The van der Waals surface area contributed by atoms with Gasteiger partial charge in [-0.2, -0.15) is 0 Å². The molecule has 0 spiro atoms. The van der Waals surface area contributed by atoms with E-state index in [4.69, 9.17) is 27.8 Å². The number of halogens is 1. The van der Waals surface area contributed by atoms with E-state index >= 15 is 0 Å². The highest BCUT2D eigenvalue weighted by molar-refractivity contribution is 6.34. The van der Waals surface area contributed by atoms with Crippen molar-refractivity contribution in [3.05, 3.63) is 58.6 Å². The lowest BCUT2D eigenvalue weighted by atomic mass is 9.96. The first-order valence-electron chi connectivity index (χ1n) is 6.90. The van der Waals surface area contributed by atoms with Crippen molar-refractivity contribution in [3.8, 4) is 11.5 Å². The van der Waals surface area contributed by atoms with Crippen molar-refractivity contribution in [2.75, 3.05) is 0 Å². The first-order valence-corrected chi connectivity index (χ1v) is 7.28. The number of rotatable bonds is 5. The number of hydrogen-bond donors (Lipinski definition) is 2. The zero-order valence-electron chi connectivity index (χ0n) is 12.6. The van der Waals surface area contributed by atoms with Gasteiger partial charge in [-0.3, -0.25) is 4.79 Å². The smallest absolute Gasteiger partial charge is 0.254 e. The molecular weight excluding hydrogens is 300 g/mol. The fourth-order valence-electron chi connectivity index (χ4n) is 2.16. The summed E-state index contributed by atoms with van der Waals surface area (Å²) in [6, 6.07) is 12.5. The van der Waals surface area contributed by atoms with E-state index in [0.717, 1.165) is 12.0 Å². The third kappa shape index (κ3) is 4.23. The topological polar surface area (TPSA) is 78.3 Å². The van der Waals surface area contributed by atoms with Crippen LogP contribution in [0, 0.1) is 0 Å². The molecule has 4 nitrogen and oxygen atoms in total. The van der Waals surface area contributed by atoms with Gasteiger partial charge in [0.25, 0.3) is 5.91 Å². The van der Waals surface area contributed by atoms with Crippen LogP contribution >= 0.6 is 11.6 Å². The first-order chi connectivity index (χ1) is 10.3. The van der Waals surface area contributed by atoms with E-state index in [-0.39, 0.29) is 16.1 Å². The van der Waals surface area contributed by atoms with Crippen molar-refractivity contribution in [1.82, 2.24) is 0 Å². The Bertz CT molecular complexity index is 676. The number of nitrogens with two attached hydrogens (primary N) is 2. The van der Waals surface area contributed by atoms with Gasteiger partial charge in [-0.05, 0) is 50.1 Å². The van der Waals surface area contributed by atoms with E-state index in [1.165, 1.54) is 0 Å². The quantitative estimate of drug-likeness (QED) is 0.885. The maximum atomic E-state index is 11.5. The third-order valence-corrected chi connectivity index (χ3v) is 3.35. The number of amides is 1. The number of ether oxygens (including phenoxy) is 1. The van der Waals surface area contributed by atoms with Gasteiger partial charge in [0.15, 0.2) is 0 Å². The molecule has 4 N–H and O–H groups in total. The van der Waals surface area contributed by atoms with Gasteiger partial charge in [0, 0.05) is 5.54 Å². The molecule has 116 valence electrons. The van der Waals surface area contributed by atoms with Gasteiger partial charge >= 0.3 is 0 Å². The van der Waals surface area contributed by atoms with Crippen LogP contribution in [-0.2, 0) is 6.42 Å². The standard InChI is InChI=1S/C17H19ClN2O2/c1-17(2,20)10-11-6-8-12(9-7-11)22-14-5-3-4-13(18)15(14)16(19)21/h3-9H,10,20H2,1-2H3,(H2,19,21). The van der Waals surface area contributed by atoms with Crippen molar-refractivity contribution in [2.45, 2.75) is 25.8 Å². The summed E-state index contributed by atoms with van der Waals surface area (Å²) in [7, 11) is 0. The molecular formula is C17H19ClN2O2. The van der Waals surface area contributed by atoms with Gasteiger partial charge in [0.05, 0.1) is 5.02 Å². The highest BCUT2D eigenvalue weighted by atomic mass is 35.5. The fraction of sp³-hybridized carbons (Fsp3) is 0.235. The van der Waals surface area contributed by atoms with Crippen molar-refractivity contribution < 1.29 is 9.53 Å². The summed E-state index contributed by atoms with van der Waals surface area (Å²) in [6.45, 7) is 3.95. The van der Waals surface area contributed by atoms with Crippen LogP contribution in [0.25, 0.3) is 0 Å². The molecule has 0 aliphatic rings. The molecule has 0 saturated carbocycles. The van der Waals surface area contributed by atoms with Gasteiger partial charge in [-0.15, -0.1) is 0 Å². The Balaban J connectivity index is 2.22. The molecule has 1 amide bonds. The lowest BCUT2D eigenvalue weighted by Crippen LogP contribution is -2.34. The molecule has 0 bridgehead atoms. The number of carbonyl (C=O) groups excluding carboxylic acids is 1. The van der Waals surface area contributed by atoms with E-state index in [0.29, 0.717) is 11.5 Å². The van der Waals surface area contributed by atoms with Gasteiger partial charge in [-0.1, -0.05) is 29.8 Å². The summed E-state index contributed by atoms with van der Waals surface area (Å²) >= 11 is 5.99. The number of hydrogen-bond acceptors (Lipinski definition) is 3. The molecule has 0 aliphatic carbocycles. The van der Waals surface area contributed by atoms with Crippen molar-refractivity contribution >= 4 is 17.5 Å². The molecule has 0 fully saturated rings. The minimum atomic E-state index is -0.623. The summed E-state index contributed by atoms with van der Waals surface area (Å²) in [5.74, 6) is 0.317. The normalized spacial score (nSPS) is 11.3. The molecule has 0 heterocycles. The minimum absolute atomic E-state index is 0.177. The third-order valence-electron chi connectivity index (χ3n) is 3.03. The Morgan fingerprint density at radius 1 is 1.18 bits per heavy atom. The minimum Gasteiger partial charge on any atom is -0.456 e. The second-order valence-electron chi connectivity index (χ2n) is 5.89. The maximum absolute atomic E-state index is 11.5. The number of carbonyl (C=O) groups is 1. The van der Waals surface area contributed by atoms with Crippen LogP contribution in [0.1, 0.15) is 29.8 Å². The van der Waals surface area contributed by atoms with Crippen LogP contribution in [0.3, 0.4) is 0 Å². The Labute approximate surface area is 135 Å². The first kappa shape index (κ1) is 16.3. The van der Waals surface area contributed by atoms with E-state index in [1.807, 2.05) is 38.1 Å². The van der Waals surface area contributed by atoms with Crippen molar-refractivity contribution in [2.24, 2.45) is 11.5 Å². The van der Waals surface area contributed by atoms with Crippen molar-refractivity contribution in [3.63, 3.8) is 0 Å². The number of benzene rings is 2. The van der Waals surface area contributed by atoms with Crippen LogP contribution in [-0.4, -0.2) is 11.4 Å². The van der Waals surface area contributed by atoms with Crippen molar-refractivity contribution in [1.29, 1.82) is 0 Å². The van der Waals surface area contributed by atoms with Crippen LogP contribution in [0.5, 0.6) is 11.5 Å². The molecule has 0 saturated heterocycles. The van der Waals surface area contributed by atoms with Gasteiger partial charge in [0.1, 0.15) is 17.1 Å². The molecule has 2 aromatic rings. The Kier molecular flexibility index (Phi) is 4.74. The van der Waals surface area contributed by atoms with E-state index in [2.05, 4.69) is 0 Å². The molecule has 0 aromatic heterocycles. The van der Waals surface area contributed by atoms with Crippen LogP contribution in [0.4, 0.5) is 0 Å². The summed E-state index contributed by atoms with van der Waals surface area (Å²) in [5.41, 5.74) is 12.4. The lowest BCUT2D eigenvalue weighted by molar-refractivity contribution is 0.0998. The van der Waals surface area contributed by atoms with Crippen LogP contribution in [0.15, 0.2) is 42.5 Å². The van der Waals surface area contributed by atoms with Gasteiger partial charge in [0.2, 0.25) is 0 Å². The SMILES string of the molecule is CC(C)(N)Cc1ccc(Oc2cccc(Cl)c2C(N)=O)cc1. The molecule has 0 radical (unpaired) electrons. The van der Waals surface area contributed by atoms with E-state index < -0.39 is 5.91 Å². The molecule has 2 aromatic carbocycles. The largest absolute Gasteiger partial charge is 0.456 e. The summed E-state index contributed by atoms with van der Waals surface area (Å²) < 4.78 is 5.72. The second kappa shape index (κ2) is 6.38.